The Bertz CT molecular complexity index is 1050. The largest absolute Gasteiger partial charge is 0.465 e. The molecule has 1 aromatic carbocycles. The van der Waals surface area contributed by atoms with Crippen molar-refractivity contribution in [2.75, 3.05) is 26.2 Å². The van der Waals surface area contributed by atoms with Crippen LogP contribution >= 0.6 is 0 Å². The predicted octanol–water partition coefficient (Wildman–Crippen LogP) is 3.48. The Hall–Kier alpha value is -2.85. The molecular formula is C26H34N4O3. The number of hydrogen-bond acceptors (Lipinski definition) is 5. The summed E-state index contributed by atoms with van der Waals surface area (Å²) in [6.07, 6.45) is 5.64. The summed E-state index contributed by atoms with van der Waals surface area (Å²) in [6.45, 7) is 6.97. The Morgan fingerprint density at radius 2 is 1.97 bits per heavy atom. The molecule has 0 radical (unpaired) electrons. The highest BCUT2D eigenvalue weighted by atomic mass is 16.5. The number of aromatic nitrogens is 1. The third-order valence-electron chi connectivity index (χ3n) is 7.11. The maximum absolute atomic E-state index is 13.4. The number of likely N-dealkylation sites (tertiary alicyclic amines) is 2. The molecule has 2 aromatic rings. The SMILES string of the molecule is CCOC(=O)CN1CCC[C@@H]1C(=O)N1CCC[C@H]1CCc1cc2cc(C#N)ccc2n1CC. The fourth-order valence-corrected chi connectivity index (χ4v) is 5.58. The van der Waals surface area contributed by atoms with Gasteiger partial charge < -0.3 is 14.2 Å². The zero-order valence-electron chi connectivity index (χ0n) is 19.8. The number of benzene rings is 1. The van der Waals surface area contributed by atoms with E-state index in [1.165, 1.54) is 5.69 Å². The first kappa shape index (κ1) is 23.3. The first-order valence-electron chi connectivity index (χ1n) is 12.3. The monoisotopic (exact) mass is 450 g/mol. The third kappa shape index (κ3) is 4.91. The molecule has 2 fully saturated rings. The Morgan fingerprint density at radius 3 is 2.73 bits per heavy atom. The van der Waals surface area contributed by atoms with Gasteiger partial charge in [-0.15, -0.1) is 0 Å². The molecule has 7 heteroatoms. The van der Waals surface area contributed by atoms with Crippen LogP contribution in [0.2, 0.25) is 0 Å². The second kappa shape index (κ2) is 10.4. The smallest absolute Gasteiger partial charge is 0.320 e. The van der Waals surface area contributed by atoms with Gasteiger partial charge in [-0.05, 0) is 83.2 Å². The Morgan fingerprint density at radius 1 is 1.15 bits per heavy atom. The molecule has 2 saturated heterocycles. The van der Waals surface area contributed by atoms with Crippen LogP contribution in [0.4, 0.5) is 0 Å². The topological polar surface area (TPSA) is 78.6 Å². The Kier molecular flexibility index (Phi) is 7.34. The lowest BCUT2D eigenvalue weighted by atomic mass is 10.1. The minimum Gasteiger partial charge on any atom is -0.465 e. The zero-order chi connectivity index (χ0) is 23.4. The van der Waals surface area contributed by atoms with E-state index in [1.54, 1.807) is 6.92 Å². The second-order valence-electron chi connectivity index (χ2n) is 9.07. The number of nitrogens with zero attached hydrogens (tertiary/aromatic N) is 4. The Balaban J connectivity index is 1.43. The molecule has 7 nitrogen and oxygen atoms in total. The van der Waals surface area contributed by atoms with Crippen LogP contribution in [0.5, 0.6) is 0 Å². The van der Waals surface area contributed by atoms with Gasteiger partial charge in [-0.1, -0.05) is 0 Å². The quantitative estimate of drug-likeness (QED) is 0.576. The summed E-state index contributed by atoms with van der Waals surface area (Å²) in [5.74, 6) is -0.0730. The molecule has 0 unspecified atom stereocenters. The van der Waals surface area contributed by atoms with Gasteiger partial charge in [0, 0.05) is 35.7 Å². The number of esters is 1. The van der Waals surface area contributed by atoms with E-state index in [9.17, 15) is 14.9 Å². The van der Waals surface area contributed by atoms with Crippen molar-refractivity contribution in [3.05, 3.63) is 35.5 Å². The van der Waals surface area contributed by atoms with E-state index in [0.29, 0.717) is 12.2 Å². The molecule has 0 aliphatic carbocycles. The third-order valence-corrected chi connectivity index (χ3v) is 7.11. The van der Waals surface area contributed by atoms with Crippen molar-refractivity contribution in [1.29, 1.82) is 5.26 Å². The van der Waals surface area contributed by atoms with E-state index in [2.05, 4.69) is 28.5 Å². The number of carbonyl (C=O) groups is 2. The first-order valence-corrected chi connectivity index (χ1v) is 12.3. The van der Waals surface area contributed by atoms with Crippen molar-refractivity contribution in [3.8, 4) is 6.07 Å². The molecule has 1 aromatic heterocycles. The van der Waals surface area contributed by atoms with Crippen molar-refractivity contribution in [2.45, 2.75) is 71.0 Å². The van der Waals surface area contributed by atoms with E-state index in [-0.39, 0.29) is 30.5 Å². The summed E-state index contributed by atoms with van der Waals surface area (Å²) in [5, 5.41) is 10.3. The molecule has 4 rings (SSSR count). The number of aryl methyl sites for hydroxylation is 2. The molecule has 176 valence electrons. The minimum atomic E-state index is -0.248. The predicted molar refractivity (Wildman–Crippen MR) is 127 cm³/mol. The van der Waals surface area contributed by atoms with Crippen LogP contribution < -0.4 is 0 Å². The number of carbonyl (C=O) groups excluding carboxylic acids is 2. The maximum atomic E-state index is 13.4. The van der Waals surface area contributed by atoms with Crippen molar-refractivity contribution in [3.63, 3.8) is 0 Å². The fourth-order valence-electron chi connectivity index (χ4n) is 5.58. The molecule has 0 spiro atoms. The molecule has 0 N–H and O–H groups in total. The number of ether oxygens (including phenoxy) is 1. The molecule has 1 amide bonds. The van der Waals surface area contributed by atoms with E-state index in [0.717, 1.165) is 69.1 Å². The first-order chi connectivity index (χ1) is 16.0. The standard InChI is InChI=1S/C26H34N4O3/c1-3-29-22(16-20-15-19(17-27)9-12-23(20)29)11-10-21-7-5-14-30(21)26(32)24-8-6-13-28(24)18-25(31)33-4-2/h9,12,15-16,21,24H,3-8,10-11,13-14,18H2,1-2H3/t21-,24+/m0/s1. The normalized spacial score (nSPS) is 20.9. The molecular weight excluding hydrogens is 416 g/mol. The molecule has 0 bridgehead atoms. The molecule has 2 atom stereocenters. The number of nitriles is 1. The summed E-state index contributed by atoms with van der Waals surface area (Å²) < 4.78 is 7.42. The van der Waals surface area contributed by atoms with Gasteiger partial charge in [0.05, 0.1) is 30.8 Å². The fraction of sp³-hybridized carbons (Fsp3) is 0.577. The molecule has 0 saturated carbocycles. The number of rotatable bonds is 8. The van der Waals surface area contributed by atoms with E-state index in [4.69, 9.17) is 4.74 Å². The van der Waals surface area contributed by atoms with Gasteiger partial charge in [-0.2, -0.15) is 5.26 Å². The van der Waals surface area contributed by atoms with Crippen LogP contribution in [0.25, 0.3) is 10.9 Å². The average Bonchev–Trinajstić information content (AvgIpc) is 3.54. The lowest BCUT2D eigenvalue weighted by Gasteiger charge is -2.31. The van der Waals surface area contributed by atoms with Crippen LogP contribution in [0.3, 0.4) is 0 Å². The van der Waals surface area contributed by atoms with Gasteiger partial charge in [-0.3, -0.25) is 14.5 Å². The number of fused-ring (bicyclic) bond motifs is 1. The minimum absolute atomic E-state index is 0.175. The maximum Gasteiger partial charge on any atom is 0.320 e. The van der Waals surface area contributed by atoms with Crippen LogP contribution in [-0.4, -0.2) is 64.6 Å². The highest BCUT2D eigenvalue weighted by Gasteiger charge is 2.38. The van der Waals surface area contributed by atoms with Gasteiger partial charge in [0.2, 0.25) is 5.91 Å². The van der Waals surface area contributed by atoms with Crippen molar-refractivity contribution >= 4 is 22.8 Å². The molecule has 2 aliphatic heterocycles. The van der Waals surface area contributed by atoms with Crippen molar-refractivity contribution in [2.24, 2.45) is 0 Å². The van der Waals surface area contributed by atoms with Crippen LogP contribution in [0.1, 0.15) is 57.2 Å². The molecule has 3 heterocycles. The van der Waals surface area contributed by atoms with Gasteiger partial charge >= 0.3 is 5.97 Å². The van der Waals surface area contributed by atoms with E-state index < -0.39 is 0 Å². The van der Waals surface area contributed by atoms with E-state index in [1.807, 2.05) is 23.1 Å². The number of amides is 1. The summed E-state index contributed by atoms with van der Waals surface area (Å²) in [5.41, 5.74) is 3.09. The van der Waals surface area contributed by atoms with Gasteiger partial charge in [0.1, 0.15) is 0 Å². The summed E-state index contributed by atoms with van der Waals surface area (Å²) in [6, 6.07) is 10.3. The highest BCUT2D eigenvalue weighted by molar-refractivity contribution is 5.84. The molecule has 2 aliphatic rings. The summed E-state index contributed by atoms with van der Waals surface area (Å²) in [7, 11) is 0. The van der Waals surface area contributed by atoms with Crippen molar-refractivity contribution < 1.29 is 14.3 Å². The highest BCUT2D eigenvalue weighted by Crippen LogP contribution is 2.28. The van der Waals surface area contributed by atoms with Crippen LogP contribution in [0, 0.1) is 11.3 Å². The van der Waals surface area contributed by atoms with E-state index >= 15 is 0 Å². The van der Waals surface area contributed by atoms with Gasteiger partial charge in [0.25, 0.3) is 0 Å². The van der Waals surface area contributed by atoms with Crippen molar-refractivity contribution in [1.82, 2.24) is 14.4 Å². The number of hydrogen-bond donors (Lipinski definition) is 0. The lowest BCUT2D eigenvalue weighted by Crippen LogP contribution is -2.48. The van der Waals surface area contributed by atoms with Crippen LogP contribution in [-0.2, 0) is 27.3 Å². The second-order valence-corrected chi connectivity index (χ2v) is 9.07. The zero-order valence-corrected chi connectivity index (χ0v) is 19.8. The van der Waals surface area contributed by atoms with Gasteiger partial charge in [0.15, 0.2) is 0 Å². The lowest BCUT2D eigenvalue weighted by molar-refractivity contribution is -0.146. The van der Waals surface area contributed by atoms with Crippen LogP contribution in [0.15, 0.2) is 24.3 Å². The molecule has 33 heavy (non-hydrogen) atoms. The summed E-state index contributed by atoms with van der Waals surface area (Å²) >= 11 is 0. The Labute approximate surface area is 195 Å². The van der Waals surface area contributed by atoms with Gasteiger partial charge in [-0.25, -0.2) is 0 Å². The summed E-state index contributed by atoms with van der Waals surface area (Å²) in [4.78, 5) is 29.5. The average molecular weight is 451 g/mol.